The second-order valence-electron chi connectivity index (χ2n) is 5.60. The second-order valence-corrected chi connectivity index (χ2v) is 6.92. The number of halogens is 2. The highest BCUT2D eigenvalue weighted by atomic mass is 79.9. The van der Waals surface area contributed by atoms with Gasteiger partial charge in [0.1, 0.15) is 0 Å². The van der Waals surface area contributed by atoms with Gasteiger partial charge in [0.15, 0.2) is 0 Å². The molecular weight excluding hydrogens is 324 g/mol. The van der Waals surface area contributed by atoms with Crippen molar-refractivity contribution in [3.8, 4) is 0 Å². The van der Waals surface area contributed by atoms with E-state index in [9.17, 15) is 0 Å². The van der Waals surface area contributed by atoms with Crippen LogP contribution in [0.5, 0.6) is 0 Å². The molecule has 1 heterocycles. The number of likely N-dealkylation sites (tertiary alicyclic amines) is 1. The molecule has 1 aromatic rings. The molecule has 0 aliphatic carbocycles. The summed E-state index contributed by atoms with van der Waals surface area (Å²) in [6, 6.07) is 6.93. The molecule has 2 nitrogen and oxygen atoms in total. The second kappa shape index (κ2) is 6.57. The molecule has 19 heavy (non-hydrogen) atoms. The number of nitrogens with two attached hydrogens (primary N) is 1. The highest BCUT2D eigenvalue weighted by molar-refractivity contribution is 9.10. The van der Waals surface area contributed by atoms with Crippen LogP contribution in [0.15, 0.2) is 22.7 Å². The quantitative estimate of drug-likeness (QED) is 0.888. The highest BCUT2D eigenvalue weighted by Gasteiger charge is 2.30. The van der Waals surface area contributed by atoms with E-state index >= 15 is 0 Å². The smallest absolute Gasteiger partial charge is 0.0464 e. The van der Waals surface area contributed by atoms with Gasteiger partial charge in [-0.25, -0.2) is 0 Å². The summed E-state index contributed by atoms with van der Waals surface area (Å²) in [4.78, 5) is 2.51. The average molecular weight is 346 g/mol. The molecule has 2 rings (SSSR count). The van der Waals surface area contributed by atoms with Crippen LogP contribution in [-0.4, -0.2) is 24.0 Å². The van der Waals surface area contributed by atoms with Crippen molar-refractivity contribution in [1.82, 2.24) is 4.90 Å². The number of nitrogens with zero attached hydrogens (tertiary/aromatic N) is 1. The van der Waals surface area contributed by atoms with Crippen LogP contribution in [-0.2, 0) is 0 Å². The first-order valence-electron chi connectivity index (χ1n) is 6.93. The number of piperidine rings is 1. The molecule has 1 aliphatic rings. The zero-order valence-electron chi connectivity index (χ0n) is 11.6. The van der Waals surface area contributed by atoms with E-state index in [0.29, 0.717) is 12.1 Å². The lowest BCUT2D eigenvalue weighted by Gasteiger charge is -2.42. The summed E-state index contributed by atoms with van der Waals surface area (Å²) in [6.07, 6.45) is 2.43. The van der Waals surface area contributed by atoms with Gasteiger partial charge in [0.05, 0.1) is 0 Å². The molecular formula is C15H22BrClN2. The van der Waals surface area contributed by atoms with Crippen molar-refractivity contribution in [2.24, 2.45) is 11.7 Å². The zero-order valence-corrected chi connectivity index (χ0v) is 13.9. The first kappa shape index (κ1) is 15.3. The Balaban J connectivity index is 2.20. The van der Waals surface area contributed by atoms with Crippen LogP contribution in [0.25, 0.3) is 0 Å². The monoisotopic (exact) mass is 344 g/mol. The summed E-state index contributed by atoms with van der Waals surface area (Å²) in [5, 5.41) is 0.830. The topological polar surface area (TPSA) is 29.3 Å². The van der Waals surface area contributed by atoms with Gasteiger partial charge in [-0.2, -0.15) is 0 Å². The molecule has 0 aromatic heterocycles. The van der Waals surface area contributed by atoms with Crippen LogP contribution in [0.3, 0.4) is 0 Å². The molecule has 0 amide bonds. The summed E-state index contributed by atoms with van der Waals surface area (Å²) in [7, 11) is 0. The molecule has 1 saturated heterocycles. The molecule has 1 aliphatic heterocycles. The molecule has 106 valence electrons. The van der Waals surface area contributed by atoms with E-state index in [2.05, 4.69) is 46.8 Å². The molecule has 3 unspecified atom stereocenters. The third-order valence-corrected chi connectivity index (χ3v) is 5.03. The number of hydrogen-bond donors (Lipinski definition) is 1. The van der Waals surface area contributed by atoms with Crippen molar-refractivity contribution in [3.63, 3.8) is 0 Å². The SMILES string of the molecule is CC1CCN(C(C)c2ccc(Br)cc2Cl)C(CN)C1. The predicted octanol–water partition coefficient (Wildman–Crippen LogP) is 4.22. The average Bonchev–Trinajstić information content (AvgIpc) is 2.37. The Labute approximate surface area is 129 Å². The van der Waals surface area contributed by atoms with Crippen LogP contribution in [0.4, 0.5) is 0 Å². The zero-order chi connectivity index (χ0) is 14.0. The third kappa shape index (κ3) is 3.52. The third-order valence-electron chi connectivity index (χ3n) is 4.21. The molecule has 0 radical (unpaired) electrons. The molecule has 0 bridgehead atoms. The lowest BCUT2D eigenvalue weighted by Crippen LogP contribution is -2.47. The highest BCUT2D eigenvalue weighted by Crippen LogP contribution is 2.34. The fourth-order valence-electron chi connectivity index (χ4n) is 3.03. The van der Waals surface area contributed by atoms with Gasteiger partial charge >= 0.3 is 0 Å². The number of benzene rings is 1. The summed E-state index contributed by atoms with van der Waals surface area (Å²) >= 11 is 9.83. The summed E-state index contributed by atoms with van der Waals surface area (Å²) in [6.45, 7) is 6.38. The Bertz CT molecular complexity index is 438. The molecule has 0 saturated carbocycles. The largest absolute Gasteiger partial charge is 0.329 e. The Morgan fingerprint density at radius 2 is 2.26 bits per heavy atom. The molecule has 0 spiro atoms. The van der Waals surface area contributed by atoms with E-state index in [-0.39, 0.29) is 0 Å². The minimum atomic E-state index is 0.321. The van der Waals surface area contributed by atoms with Gasteiger partial charge in [-0.15, -0.1) is 0 Å². The molecule has 3 atom stereocenters. The Hall–Kier alpha value is -0.0900. The summed E-state index contributed by atoms with van der Waals surface area (Å²) < 4.78 is 1.02. The van der Waals surface area contributed by atoms with Gasteiger partial charge in [0, 0.05) is 28.1 Å². The van der Waals surface area contributed by atoms with Crippen molar-refractivity contribution in [1.29, 1.82) is 0 Å². The van der Waals surface area contributed by atoms with Crippen LogP contribution in [0.2, 0.25) is 5.02 Å². The lowest BCUT2D eigenvalue weighted by molar-refractivity contribution is 0.0834. The number of rotatable bonds is 3. The fourth-order valence-corrected chi connectivity index (χ4v) is 3.86. The Morgan fingerprint density at radius 3 is 2.89 bits per heavy atom. The number of hydrogen-bond acceptors (Lipinski definition) is 2. The molecule has 4 heteroatoms. The maximum Gasteiger partial charge on any atom is 0.0464 e. The minimum Gasteiger partial charge on any atom is -0.329 e. The summed E-state index contributed by atoms with van der Waals surface area (Å²) in [5.41, 5.74) is 7.14. The molecule has 2 N–H and O–H groups in total. The van der Waals surface area contributed by atoms with Gasteiger partial charge < -0.3 is 5.73 Å². The Kier molecular flexibility index (Phi) is 5.29. The maximum absolute atomic E-state index is 6.38. The minimum absolute atomic E-state index is 0.321. The summed E-state index contributed by atoms with van der Waals surface area (Å²) in [5.74, 6) is 0.775. The van der Waals surface area contributed by atoms with Crippen molar-refractivity contribution < 1.29 is 0 Å². The van der Waals surface area contributed by atoms with Crippen molar-refractivity contribution in [3.05, 3.63) is 33.3 Å². The maximum atomic E-state index is 6.38. The predicted molar refractivity (Wildman–Crippen MR) is 85.5 cm³/mol. The van der Waals surface area contributed by atoms with Crippen LogP contribution in [0, 0.1) is 5.92 Å². The van der Waals surface area contributed by atoms with E-state index in [1.807, 2.05) is 6.07 Å². The first-order chi connectivity index (χ1) is 9.02. The van der Waals surface area contributed by atoms with Gasteiger partial charge in [-0.05, 0) is 49.9 Å². The van der Waals surface area contributed by atoms with Crippen LogP contribution < -0.4 is 5.73 Å². The molecule has 1 aromatic carbocycles. The standard InChI is InChI=1S/C15H22BrClN2/c1-10-5-6-19(13(7-10)9-18)11(2)14-4-3-12(16)8-15(14)17/h3-4,8,10-11,13H,5-7,9,18H2,1-2H3. The van der Waals surface area contributed by atoms with E-state index in [1.165, 1.54) is 18.4 Å². The first-order valence-corrected chi connectivity index (χ1v) is 8.10. The van der Waals surface area contributed by atoms with E-state index in [0.717, 1.165) is 28.5 Å². The van der Waals surface area contributed by atoms with E-state index in [1.54, 1.807) is 0 Å². The fraction of sp³-hybridized carbons (Fsp3) is 0.600. The van der Waals surface area contributed by atoms with E-state index in [4.69, 9.17) is 17.3 Å². The van der Waals surface area contributed by atoms with Crippen LogP contribution >= 0.6 is 27.5 Å². The van der Waals surface area contributed by atoms with Crippen molar-refractivity contribution in [2.75, 3.05) is 13.1 Å². The van der Waals surface area contributed by atoms with E-state index < -0.39 is 0 Å². The normalized spacial score (nSPS) is 26.4. The van der Waals surface area contributed by atoms with Crippen molar-refractivity contribution in [2.45, 2.75) is 38.8 Å². The van der Waals surface area contributed by atoms with Crippen LogP contribution in [0.1, 0.15) is 38.3 Å². The van der Waals surface area contributed by atoms with Gasteiger partial charge in [0.25, 0.3) is 0 Å². The lowest BCUT2D eigenvalue weighted by atomic mass is 9.90. The van der Waals surface area contributed by atoms with Gasteiger partial charge in [-0.3, -0.25) is 4.90 Å². The van der Waals surface area contributed by atoms with Crippen molar-refractivity contribution >= 4 is 27.5 Å². The Morgan fingerprint density at radius 1 is 1.53 bits per heavy atom. The molecule has 1 fully saturated rings. The van der Waals surface area contributed by atoms with Gasteiger partial charge in [-0.1, -0.05) is 40.5 Å². The van der Waals surface area contributed by atoms with Gasteiger partial charge in [0.2, 0.25) is 0 Å².